The predicted molar refractivity (Wildman–Crippen MR) is 150 cm³/mol. The molecule has 0 saturated carbocycles. The normalized spacial score (nSPS) is 18.8. The first-order valence-corrected chi connectivity index (χ1v) is 14.0. The van der Waals surface area contributed by atoms with Gasteiger partial charge in [0.25, 0.3) is 0 Å². The molecule has 2 aromatic carbocycles. The highest BCUT2D eigenvalue weighted by Gasteiger charge is 2.40. The van der Waals surface area contributed by atoms with Gasteiger partial charge < -0.3 is 20.7 Å². The van der Waals surface area contributed by atoms with Crippen molar-refractivity contribution in [2.75, 3.05) is 18.0 Å². The maximum Gasteiger partial charge on any atom is 0.340 e. The number of anilines is 1. The van der Waals surface area contributed by atoms with E-state index in [1.807, 2.05) is 39.0 Å². The Hall–Kier alpha value is -2.86. The summed E-state index contributed by atoms with van der Waals surface area (Å²) in [5.41, 5.74) is 12.6. The van der Waals surface area contributed by atoms with Crippen LogP contribution < -0.4 is 16.0 Å². The second-order valence-corrected chi connectivity index (χ2v) is 11.4. The lowest BCUT2D eigenvalue weighted by Gasteiger charge is -2.38. The van der Waals surface area contributed by atoms with E-state index in [1.165, 1.54) is 0 Å². The van der Waals surface area contributed by atoms with Gasteiger partial charge >= 0.3 is 5.97 Å². The average Bonchev–Trinajstić information content (AvgIpc) is 3.19. The molecule has 6 heteroatoms. The first kappa shape index (κ1) is 27.2. The number of unbranched alkanes of at least 4 members (excludes halogenated alkanes) is 1. The zero-order valence-corrected chi connectivity index (χ0v) is 23.2. The number of nitrogens with two attached hydrogens (primary N) is 1. The number of hydrogen-bond acceptors (Lipinski definition) is 5. The predicted octanol–water partition coefficient (Wildman–Crippen LogP) is 5.90. The van der Waals surface area contributed by atoms with Gasteiger partial charge in [0.05, 0.1) is 23.3 Å². The number of fused-ring (bicyclic) bond motifs is 3. The van der Waals surface area contributed by atoms with Crippen LogP contribution >= 0.6 is 0 Å². The number of rotatable bonds is 8. The monoisotopic (exact) mass is 505 g/mol. The Balaban J connectivity index is 2.01. The quantitative estimate of drug-likeness (QED) is 0.437. The summed E-state index contributed by atoms with van der Waals surface area (Å²) in [7, 11) is 0. The van der Waals surface area contributed by atoms with Crippen LogP contribution in [0.25, 0.3) is 11.1 Å². The Labute approximate surface area is 221 Å². The fraction of sp³-hybridized carbons (Fsp3) is 0.548. The van der Waals surface area contributed by atoms with Crippen molar-refractivity contribution in [1.29, 1.82) is 0 Å². The fourth-order valence-electron chi connectivity index (χ4n) is 5.73. The summed E-state index contributed by atoms with van der Waals surface area (Å²) < 4.78 is 5.94. The molecule has 1 saturated heterocycles. The highest BCUT2D eigenvalue weighted by Crippen LogP contribution is 2.51. The molecule has 0 bridgehead atoms. The summed E-state index contributed by atoms with van der Waals surface area (Å²) in [6, 6.07) is 10.1. The largest absolute Gasteiger partial charge is 0.456 e. The minimum Gasteiger partial charge on any atom is -0.456 e. The molecule has 1 aliphatic heterocycles. The van der Waals surface area contributed by atoms with Crippen LogP contribution in [0, 0.1) is 0 Å². The summed E-state index contributed by atoms with van der Waals surface area (Å²) >= 11 is 0. The molecule has 2 unspecified atom stereocenters. The Morgan fingerprint density at radius 1 is 1.11 bits per heavy atom. The molecular weight excluding hydrogens is 462 g/mol. The van der Waals surface area contributed by atoms with Gasteiger partial charge in [0.15, 0.2) is 0 Å². The Morgan fingerprint density at radius 2 is 1.86 bits per heavy atom. The molecular formula is C31H43N3O3. The molecule has 0 aromatic heterocycles. The molecule has 1 heterocycles. The van der Waals surface area contributed by atoms with Crippen molar-refractivity contribution in [1.82, 2.24) is 5.32 Å². The SMILES string of the molecule is CCCCc1c2c(cc(C(=O)OC(C)(C)C)c1N1CCCCC1N)-c1ccccc1C2C(=O)NCCC. The van der Waals surface area contributed by atoms with E-state index in [4.69, 9.17) is 10.5 Å². The number of esters is 1. The molecule has 0 radical (unpaired) electrons. The lowest BCUT2D eigenvalue weighted by atomic mass is 9.86. The van der Waals surface area contributed by atoms with Crippen molar-refractivity contribution >= 4 is 17.6 Å². The topological polar surface area (TPSA) is 84.7 Å². The van der Waals surface area contributed by atoms with Crippen LogP contribution in [0.2, 0.25) is 0 Å². The molecule has 3 N–H and O–H groups in total. The van der Waals surface area contributed by atoms with E-state index in [0.29, 0.717) is 12.1 Å². The number of nitrogens with zero attached hydrogens (tertiary/aromatic N) is 1. The number of amides is 1. The third-order valence-corrected chi connectivity index (χ3v) is 7.34. The van der Waals surface area contributed by atoms with Crippen molar-refractivity contribution < 1.29 is 14.3 Å². The Bertz CT molecular complexity index is 1150. The van der Waals surface area contributed by atoms with Gasteiger partial charge in [-0.15, -0.1) is 0 Å². The lowest BCUT2D eigenvalue weighted by molar-refractivity contribution is -0.121. The van der Waals surface area contributed by atoms with Crippen molar-refractivity contribution in [2.45, 2.75) is 97.2 Å². The van der Waals surface area contributed by atoms with Gasteiger partial charge in [-0.25, -0.2) is 4.79 Å². The first-order valence-electron chi connectivity index (χ1n) is 14.0. The van der Waals surface area contributed by atoms with E-state index in [0.717, 1.165) is 85.0 Å². The molecule has 2 aliphatic rings. The van der Waals surface area contributed by atoms with Crippen LogP contribution in [-0.2, 0) is 16.0 Å². The summed E-state index contributed by atoms with van der Waals surface area (Å²) in [4.78, 5) is 29.6. The van der Waals surface area contributed by atoms with Gasteiger partial charge in [-0.1, -0.05) is 44.5 Å². The zero-order chi connectivity index (χ0) is 26.7. The van der Waals surface area contributed by atoms with Crippen molar-refractivity contribution in [3.8, 4) is 11.1 Å². The lowest BCUT2D eigenvalue weighted by Crippen LogP contribution is -2.47. The van der Waals surface area contributed by atoms with Gasteiger partial charge in [0, 0.05) is 13.1 Å². The van der Waals surface area contributed by atoms with Crippen LogP contribution in [0.3, 0.4) is 0 Å². The third kappa shape index (κ3) is 5.54. The minimum absolute atomic E-state index is 0.0182. The average molecular weight is 506 g/mol. The molecule has 0 spiro atoms. The second-order valence-electron chi connectivity index (χ2n) is 11.4. The van der Waals surface area contributed by atoms with Gasteiger partial charge in [-0.3, -0.25) is 4.79 Å². The number of piperidine rings is 1. The zero-order valence-electron chi connectivity index (χ0n) is 23.2. The minimum atomic E-state index is -0.624. The molecule has 6 nitrogen and oxygen atoms in total. The molecule has 4 rings (SSSR count). The van der Waals surface area contributed by atoms with Crippen molar-refractivity contribution in [2.24, 2.45) is 5.73 Å². The highest BCUT2D eigenvalue weighted by molar-refractivity contribution is 6.04. The van der Waals surface area contributed by atoms with Gasteiger partial charge in [-0.05, 0) is 93.2 Å². The molecule has 2 aromatic rings. The smallest absolute Gasteiger partial charge is 0.340 e. The summed E-state index contributed by atoms with van der Waals surface area (Å²) in [5.74, 6) is -0.723. The van der Waals surface area contributed by atoms with Crippen molar-refractivity contribution in [3.05, 3.63) is 52.6 Å². The maximum absolute atomic E-state index is 13.8. The van der Waals surface area contributed by atoms with Crippen LogP contribution in [0.15, 0.2) is 30.3 Å². The summed E-state index contributed by atoms with van der Waals surface area (Å²) in [5, 5.41) is 3.15. The Morgan fingerprint density at radius 3 is 2.54 bits per heavy atom. The molecule has 2 atom stereocenters. The van der Waals surface area contributed by atoms with Gasteiger partial charge in [0.2, 0.25) is 5.91 Å². The maximum atomic E-state index is 13.8. The van der Waals surface area contributed by atoms with Crippen LogP contribution in [0.5, 0.6) is 0 Å². The van der Waals surface area contributed by atoms with Gasteiger partial charge in [0.1, 0.15) is 5.60 Å². The third-order valence-electron chi connectivity index (χ3n) is 7.34. The number of carbonyl (C=O) groups is 2. The summed E-state index contributed by atoms with van der Waals surface area (Å²) in [6.45, 7) is 11.3. The van der Waals surface area contributed by atoms with E-state index in [2.05, 4.69) is 36.2 Å². The molecule has 37 heavy (non-hydrogen) atoms. The molecule has 1 fully saturated rings. The molecule has 1 aliphatic carbocycles. The summed E-state index contributed by atoms with van der Waals surface area (Å²) in [6.07, 6.45) is 6.41. The van der Waals surface area contributed by atoms with E-state index in [1.54, 1.807) is 0 Å². The Kier molecular flexibility index (Phi) is 8.27. The number of hydrogen-bond donors (Lipinski definition) is 2. The first-order chi connectivity index (χ1) is 17.7. The van der Waals surface area contributed by atoms with Gasteiger partial charge in [-0.2, -0.15) is 0 Å². The van der Waals surface area contributed by atoms with E-state index >= 15 is 0 Å². The van der Waals surface area contributed by atoms with Crippen LogP contribution in [-0.4, -0.2) is 36.7 Å². The number of ether oxygens (including phenoxy) is 1. The van der Waals surface area contributed by atoms with Crippen LogP contribution in [0.1, 0.15) is 106 Å². The number of nitrogens with one attached hydrogen (secondary N) is 1. The number of carbonyl (C=O) groups excluding carboxylic acids is 2. The fourth-order valence-corrected chi connectivity index (χ4v) is 5.73. The van der Waals surface area contributed by atoms with E-state index in [-0.39, 0.29) is 18.0 Å². The van der Waals surface area contributed by atoms with Crippen LogP contribution in [0.4, 0.5) is 5.69 Å². The van der Waals surface area contributed by atoms with Crippen molar-refractivity contribution in [3.63, 3.8) is 0 Å². The van der Waals surface area contributed by atoms with E-state index in [9.17, 15) is 9.59 Å². The second kappa shape index (κ2) is 11.3. The molecule has 200 valence electrons. The standard InChI is InChI=1S/C31H43N3O3/c1-6-8-13-22-26-23(20-14-9-10-15-21(20)27(26)29(35)33-17-7-2)19-24(30(36)37-31(3,4)5)28(22)34-18-12-11-16-25(34)32/h9-10,14-15,19,25,27H,6-8,11-13,16-18,32H2,1-5H3,(H,33,35). The molecule has 1 amide bonds. The number of benzene rings is 2. The highest BCUT2D eigenvalue weighted by atomic mass is 16.6. The van der Waals surface area contributed by atoms with E-state index < -0.39 is 11.5 Å².